The lowest BCUT2D eigenvalue weighted by molar-refractivity contribution is -0.118. The maximum Gasteiger partial charge on any atom is 0.316 e. The van der Waals surface area contributed by atoms with Crippen LogP contribution >= 0.6 is 0 Å². The zero-order chi connectivity index (χ0) is 12.3. The van der Waals surface area contributed by atoms with Crippen molar-refractivity contribution in [3.05, 3.63) is 18.2 Å². The summed E-state index contributed by atoms with van der Waals surface area (Å²) < 4.78 is 18.0. The minimum Gasteiger partial charge on any atom is -0.459 e. The second kappa shape index (κ2) is 5.05. The fraction of sp³-hybridized carbons (Fsp3) is 0.500. The Labute approximate surface area is 97.6 Å². The smallest absolute Gasteiger partial charge is 0.316 e. The molecular weight excluding hydrogens is 227 g/mol. The van der Waals surface area contributed by atoms with Crippen molar-refractivity contribution in [2.75, 3.05) is 19.6 Å². The van der Waals surface area contributed by atoms with Crippen LogP contribution in [0.5, 0.6) is 6.01 Å². The highest BCUT2D eigenvalue weighted by Gasteiger charge is 2.25. The van der Waals surface area contributed by atoms with Gasteiger partial charge in [-0.2, -0.15) is 0 Å². The summed E-state index contributed by atoms with van der Waals surface area (Å²) in [6.07, 6.45) is 2.80. The van der Waals surface area contributed by atoms with Gasteiger partial charge in [0.05, 0.1) is 18.9 Å². The molecule has 1 aromatic heterocycles. The Morgan fingerprint density at radius 2 is 2.29 bits per heavy atom. The minimum absolute atomic E-state index is 0.0835. The van der Waals surface area contributed by atoms with E-state index in [0.29, 0.717) is 6.54 Å². The van der Waals surface area contributed by atoms with Crippen LogP contribution < -0.4 is 10.5 Å². The fourth-order valence-electron chi connectivity index (χ4n) is 1.77. The molecular formula is C10H13FN4O2. The first kappa shape index (κ1) is 11.7. The van der Waals surface area contributed by atoms with Gasteiger partial charge >= 0.3 is 6.01 Å². The van der Waals surface area contributed by atoms with Crippen LogP contribution in [0.4, 0.5) is 4.39 Å². The third-order valence-corrected chi connectivity index (χ3v) is 2.48. The first-order chi connectivity index (χ1) is 8.13. The molecule has 17 heavy (non-hydrogen) atoms. The average molecular weight is 240 g/mol. The van der Waals surface area contributed by atoms with Crippen molar-refractivity contribution in [3.63, 3.8) is 0 Å². The van der Waals surface area contributed by atoms with Gasteiger partial charge in [-0.25, -0.2) is 14.4 Å². The molecule has 7 heteroatoms. The standard InChI is InChI=1S/C10H13FN4O2/c11-7-3-13-10(14-4-7)17-8-1-2-15(5-8)6-9(12)16/h3-4,8H,1-2,5-6H2,(H2,12,16). The molecule has 92 valence electrons. The van der Waals surface area contributed by atoms with E-state index in [1.165, 1.54) is 0 Å². The van der Waals surface area contributed by atoms with Crippen LogP contribution in [-0.2, 0) is 4.79 Å². The summed E-state index contributed by atoms with van der Waals surface area (Å²) in [6, 6.07) is 0.150. The lowest BCUT2D eigenvalue weighted by Crippen LogP contribution is -2.33. The first-order valence-corrected chi connectivity index (χ1v) is 5.28. The molecule has 2 rings (SSSR count). The van der Waals surface area contributed by atoms with Crippen LogP contribution in [0.1, 0.15) is 6.42 Å². The van der Waals surface area contributed by atoms with E-state index in [2.05, 4.69) is 9.97 Å². The summed E-state index contributed by atoms with van der Waals surface area (Å²) in [5.41, 5.74) is 5.10. The van der Waals surface area contributed by atoms with Gasteiger partial charge in [0, 0.05) is 13.1 Å². The summed E-state index contributed by atoms with van der Waals surface area (Å²) in [7, 11) is 0. The van der Waals surface area contributed by atoms with Crippen molar-refractivity contribution in [2.45, 2.75) is 12.5 Å². The number of amides is 1. The zero-order valence-electron chi connectivity index (χ0n) is 9.17. The number of halogens is 1. The van der Waals surface area contributed by atoms with E-state index in [0.717, 1.165) is 25.4 Å². The van der Waals surface area contributed by atoms with Gasteiger partial charge in [-0.05, 0) is 6.42 Å². The highest BCUT2D eigenvalue weighted by Crippen LogP contribution is 2.14. The molecule has 0 spiro atoms. The summed E-state index contributed by atoms with van der Waals surface area (Å²) in [6.45, 7) is 1.57. The Morgan fingerprint density at radius 3 is 2.94 bits per heavy atom. The number of hydrogen-bond acceptors (Lipinski definition) is 5. The van der Waals surface area contributed by atoms with Gasteiger partial charge in [0.1, 0.15) is 6.10 Å². The molecule has 1 unspecified atom stereocenters. The zero-order valence-corrected chi connectivity index (χ0v) is 9.17. The molecule has 1 fully saturated rings. The first-order valence-electron chi connectivity index (χ1n) is 5.28. The number of primary amides is 1. The summed E-state index contributed by atoms with van der Waals surface area (Å²) in [4.78, 5) is 20.0. The van der Waals surface area contributed by atoms with Crippen molar-refractivity contribution < 1.29 is 13.9 Å². The van der Waals surface area contributed by atoms with E-state index in [4.69, 9.17) is 10.5 Å². The molecule has 1 aromatic rings. The topological polar surface area (TPSA) is 81.3 Å². The van der Waals surface area contributed by atoms with Crippen molar-refractivity contribution in [1.29, 1.82) is 0 Å². The molecule has 0 saturated carbocycles. The number of rotatable bonds is 4. The third-order valence-electron chi connectivity index (χ3n) is 2.48. The van der Waals surface area contributed by atoms with Crippen LogP contribution in [0.3, 0.4) is 0 Å². The van der Waals surface area contributed by atoms with Crippen LogP contribution in [0.2, 0.25) is 0 Å². The number of carbonyl (C=O) groups excluding carboxylic acids is 1. The van der Waals surface area contributed by atoms with Crippen LogP contribution in [-0.4, -0.2) is 46.5 Å². The lowest BCUT2D eigenvalue weighted by atomic mass is 10.3. The van der Waals surface area contributed by atoms with Gasteiger partial charge in [-0.15, -0.1) is 0 Å². The number of nitrogens with zero attached hydrogens (tertiary/aromatic N) is 3. The quantitative estimate of drug-likeness (QED) is 0.771. The van der Waals surface area contributed by atoms with Gasteiger partial charge in [0.2, 0.25) is 5.91 Å². The molecule has 0 bridgehead atoms. The molecule has 0 radical (unpaired) electrons. The minimum atomic E-state index is -0.501. The second-order valence-electron chi connectivity index (χ2n) is 3.91. The molecule has 1 aliphatic rings. The average Bonchev–Trinajstić information content (AvgIpc) is 2.68. The van der Waals surface area contributed by atoms with E-state index in [9.17, 15) is 9.18 Å². The third kappa shape index (κ3) is 3.35. The van der Waals surface area contributed by atoms with Crippen LogP contribution in [0.15, 0.2) is 12.4 Å². The predicted octanol–water partition coefficient (Wildman–Crippen LogP) is -0.446. The molecule has 1 aliphatic heterocycles. The molecule has 0 aliphatic carbocycles. The summed E-state index contributed by atoms with van der Waals surface area (Å²) in [5.74, 6) is -0.859. The molecule has 6 nitrogen and oxygen atoms in total. The number of hydrogen-bond donors (Lipinski definition) is 1. The number of carbonyl (C=O) groups is 1. The van der Waals surface area contributed by atoms with E-state index >= 15 is 0 Å². The molecule has 1 saturated heterocycles. The number of aromatic nitrogens is 2. The van der Waals surface area contributed by atoms with Crippen molar-refractivity contribution in [2.24, 2.45) is 5.73 Å². The summed E-state index contributed by atoms with van der Waals surface area (Å²) >= 11 is 0. The normalized spacial score (nSPS) is 20.4. The Hall–Kier alpha value is -1.76. The molecule has 0 aromatic carbocycles. The van der Waals surface area contributed by atoms with Crippen LogP contribution in [0.25, 0.3) is 0 Å². The highest BCUT2D eigenvalue weighted by atomic mass is 19.1. The monoisotopic (exact) mass is 240 g/mol. The van der Waals surface area contributed by atoms with Gasteiger partial charge in [0.25, 0.3) is 0 Å². The van der Waals surface area contributed by atoms with Crippen molar-refractivity contribution >= 4 is 5.91 Å². The van der Waals surface area contributed by atoms with Gasteiger partial charge in [0.15, 0.2) is 5.82 Å². The van der Waals surface area contributed by atoms with E-state index < -0.39 is 5.82 Å². The maximum absolute atomic E-state index is 12.6. The van der Waals surface area contributed by atoms with Crippen molar-refractivity contribution in [1.82, 2.24) is 14.9 Å². The molecule has 1 amide bonds. The lowest BCUT2D eigenvalue weighted by Gasteiger charge is -2.13. The Bertz CT molecular complexity index is 398. The fourth-order valence-corrected chi connectivity index (χ4v) is 1.77. The number of ether oxygens (including phenoxy) is 1. The van der Waals surface area contributed by atoms with E-state index in [1.54, 1.807) is 0 Å². The van der Waals surface area contributed by atoms with Crippen LogP contribution in [0, 0.1) is 5.82 Å². The number of nitrogens with two attached hydrogens (primary N) is 1. The van der Waals surface area contributed by atoms with E-state index in [1.807, 2.05) is 4.90 Å². The second-order valence-corrected chi connectivity index (χ2v) is 3.91. The maximum atomic E-state index is 12.6. The van der Waals surface area contributed by atoms with Gasteiger partial charge in [-0.1, -0.05) is 0 Å². The number of likely N-dealkylation sites (tertiary alicyclic amines) is 1. The molecule has 2 heterocycles. The van der Waals surface area contributed by atoms with Gasteiger partial charge < -0.3 is 10.5 Å². The molecule has 1 atom stereocenters. The largest absolute Gasteiger partial charge is 0.459 e. The Morgan fingerprint density at radius 1 is 1.59 bits per heavy atom. The van der Waals surface area contributed by atoms with E-state index in [-0.39, 0.29) is 24.6 Å². The molecule has 2 N–H and O–H groups in total. The Balaban J connectivity index is 1.85. The van der Waals surface area contributed by atoms with Gasteiger partial charge in [-0.3, -0.25) is 9.69 Å². The predicted molar refractivity (Wildman–Crippen MR) is 56.7 cm³/mol. The Kier molecular flexibility index (Phi) is 3.48. The highest BCUT2D eigenvalue weighted by molar-refractivity contribution is 5.75. The summed E-state index contributed by atoms with van der Waals surface area (Å²) in [5, 5.41) is 0. The SMILES string of the molecule is NC(=O)CN1CCC(Oc2ncc(F)cn2)C1. The van der Waals surface area contributed by atoms with Crippen molar-refractivity contribution in [3.8, 4) is 6.01 Å².